The summed E-state index contributed by atoms with van der Waals surface area (Å²) < 4.78 is 0. The van der Waals surface area contributed by atoms with Gasteiger partial charge in [-0.1, -0.05) is 13.8 Å². The number of nitrogens with zero attached hydrogens (tertiary/aromatic N) is 3. The van der Waals surface area contributed by atoms with Crippen LogP contribution in [0.4, 0.5) is 0 Å². The Balaban J connectivity index is 2.97. The van der Waals surface area contributed by atoms with Crippen LogP contribution in [0.1, 0.15) is 13.8 Å². The predicted molar refractivity (Wildman–Crippen MR) is 98.9 cm³/mol. The number of rotatable bonds is 7. The lowest BCUT2D eigenvalue weighted by molar-refractivity contribution is -0.141. The van der Waals surface area contributed by atoms with E-state index < -0.39 is 17.9 Å². The van der Waals surface area contributed by atoms with Crippen LogP contribution in [0.2, 0.25) is 0 Å². The second kappa shape index (κ2) is 11.9. The Bertz CT molecular complexity index is 502. The highest BCUT2D eigenvalue weighted by atomic mass is 16.4. The largest absolute Gasteiger partial charge is 0.480 e. The Hall–Kier alpha value is -1.75. The molecule has 0 bridgehead atoms. The van der Waals surface area contributed by atoms with Crippen molar-refractivity contribution in [2.75, 3.05) is 65.4 Å². The maximum absolute atomic E-state index is 11.3. The summed E-state index contributed by atoms with van der Waals surface area (Å²) in [6.45, 7) is 7.10. The fourth-order valence-electron chi connectivity index (χ4n) is 3.30. The lowest BCUT2D eigenvalue weighted by Gasteiger charge is -2.38. The van der Waals surface area contributed by atoms with E-state index in [2.05, 4.69) is 5.32 Å². The Labute approximate surface area is 159 Å². The van der Waals surface area contributed by atoms with Crippen molar-refractivity contribution in [3.8, 4) is 0 Å². The highest BCUT2D eigenvalue weighted by Crippen LogP contribution is 2.13. The van der Waals surface area contributed by atoms with E-state index in [1.54, 1.807) is 9.80 Å². The summed E-state index contributed by atoms with van der Waals surface area (Å²) in [5, 5.41) is 30.8. The van der Waals surface area contributed by atoms with Crippen LogP contribution in [0.15, 0.2) is 0 Å². The van der Waals surface area contributed by atoms with Crippen LogP contribution in [0, 0.1) is 5.92 Å². The summed E-state index contributed by atoms with van der Waals surface area (Å²) in [6, 6.07) is -0.116. The van der Waals surface area contributed by atoms with Gasteiger partial charge in [-0.2, -0.15) is 0 Å². The fourth-order valence-corrected chi connectivity index (χ4v) is 3.30. The van der Waals surface area contributed by atoms with Gasteiger partial charge in [-0.25, -0.2) is 0 Å². The number of nitrogens with one attached hydrogen (secondary N) is 1. The number of carboxylic acid groups (broad SMARTS) is 3. The summed E-state index contributed by atoms with van der Waals surface area (Å²) in [4.78, 5) is 39.0. The van der Waals surface area contributed by atoms with E-state index in [1.165, 1.54) is 0 Å². The van der Waals surface area contributed by atoms with Crippen LogP contribution in [0.25, 0.3) is 0 Å². The molecule has 0 aromatic heterocycles. The van der Waals surface area contributed by atoms with Gasteiger partial charge in [0.15, 0.2) is 0 Å². The van der Waals surface area contributed by atoms with Crippen LogP contribution < -0.4 is 5.32 Å². The number of hydrogen-bond donors (Lipinski definition) is 4. The summed E-state index contributed by atoms with van der Waals surface area (Å²) in [5.41, 5.74) is 0. The summed E-state index contributed by atoms with van der Waals surface area (Å²) in [5.74, 6) is -2.65. The van der Waals surface area contributed by atoms with Crippen LogP contribution in [-0.2, 0) is 14.4 Å². The van der Waals surface area contributed by atoms with E-state index in [1.807, 2.05) is 18.7 Å². The van der Waals surface area contributed by atoms with E-state index in [-0.39, 0.29) is 31.6 Å². The number of aliphatic carboxylic acids is 3. The lowest BCUT2D eigenvalue weighted by atomic mass is 10.0. The van der Waals surface area contributed by atoms with Gasteiger partial charge in [0, 0.05) is 51.9 Å². The smallest absolute Gasteiger partial charge is 0.317 e. The third-order valence-electron chi connectivity index (χ3n) is 4.65. The monoisotopic (exact) mass is 388 g/mol. The normalized spacial score (nSPS) is 22.1. The van der Waals surface area contributed by atoms with Crippen LogP contribution in [0.5, 0.6) is 0 Å². The molecule has 1 aliphatic heterocycles. The van der Waals surface area contributed by atoms with Gasteiger partial charge in [-0.15, -0.1) is 0 Å². The molecule has 0 saturated carbocycles. The molecule has 4 N–H and O–H groups in total. The second-order valence-corrected chi connectivity index (χ2v) is 7.22. The number of hydrogen-bond acceptors (Lipinski definition) is 7. The van der Waals surface area contributed by atoms with E-state index >= 15 is 0 Å². The number of carboxylic acids is 3. The molecule has 1 heterocycles. The average Bonchev–Trinajstić information content (AvgIpc) is 2.52. The molecule has 10 nitrogen and oxygen atoms in total. The van der Waals surface area contributed by atoms with E-state index in [0.717, 1.165) is 0 Å². The molecule has 156 valence electrons. The van der Waals surface area contributed by atoms with Crippen LogP contribution in [0.3, 0.4) is 0 Å². The zero-order valence-corrected chi connectivity index (χ0v) is 16.1. The van der Waals surface area contributed by atoms with Crippen molar-refractivity contribution in [1.29, 1.82) is 0 Å². The van der Waals surface area contributed by atoms with Gasteiger partial charge in [0.1, 0.15) is 0 Å². The maximum Gasteiger partial charge on any atom is 0.317 e. The van der Waals surface area contributed by atoms with Gasteiger partial charge in [0.2, 0.25) is 0 Å². The topological polar surface area (TPSA) is 134 Å². The minimum atomic E-state index is -0.958. The fraction of sp³-hybridized carbons (Fsp3) is 0.824. The van der Waals surface area contributed by atoms with Crippen molar-refractivity contribution >= 4 is 17.9 Å². The third-order valence-corrected chi connectivity index (χ3v) is 4.65. The average molecular weight is 388 g/mol. The molecule has 1 aliphatic rings. The molecule has 1 saturated heterocycles. The van der Waals surface area contributed by atoms with Crippen molar-refractivity contribution in [3.63, 3.8) is 0 Å². The predicted octanol–water partition coefficient (Wildman–Crippen LogP) is -1.23. The molecule has 27 heavy (non-hydrogen) atoms. The molecule has 0 aliphatic carbocycles. The number of carbonyl (C=O) groups is 3. The van der Waals surface area contributed by atoms with Gasteiger partial charge in [-0.05, 0) is 5.92 Å². The van der Waals surface area contributed by atoms with E-state index in [4.69, 9.17) is 5.11 Å². The molecule has 0 amide bonds. The Kier molecular flexibility index (Phi) is 10.2. The van der Waals surface area contributed by atoms with Gasteiger partial charge in [0.05, 0.1) is 19.6 Å². The molecule has 0 aromatic rings. The van der Waals surface area contributed by atoms with Gasteiger partial charge < -0.3 is 20.6 Å². The first-order valence-electron chi connectivity index (χ1n) is 9.24. The molecule has 1 fully saturated rings. The van der Waals surface area contributed by atoms with Gasteiger partial charge in [0.25, 0.3) is 0 Å². The van der Waals surface area contributed by atoms with Crippen molar-refractivity contribution in [1.82, 2.24) is 20.0 Å². The first-order valence-corrected chi connectivity index (χ1v) is 9.24. The quantitative estimate of drug-likeness (QED) is 0.420. The second-order valence-electron chi connectivity index (χ2n) is 7.22. The van der Waals surface area contributed by atoms with Crippen molar-refractivity contribution in [2.24, 2.45) is 5.92 Å². The molecule has 10 heteroatoms. The highest BCUT2D eigenvalue weighted by molar-refractivity contribution is 5.70. The molecule has 0 aromatic carbocycles. The SMILES string of the molecule is CC(C)C1CN(CC(=O)O)CCN(CC(=O)O)CCNCCN1CC(=O)O. The maximum atomic E-state index is 11.3. The first kappa shape index (κ1) is 23.3. The van der Waals surface area contributed by atoms with E-state index in [0.29, 0.717) is 45.8 Å². The Morgan fingerprint density at radius 3 is 1.93 bits per heavy atom. The minimum absolute atomic E-state index is 0.0959. The summed E-state index contributed by atoms with van der Waals surface area (Å²) >= 11 is 0. The lowest BCUT2D eigenvalue weighted by Crippen LogP contribution is -2.53. The van der Waals surface area contributed by atoms with Crippen LogP contribution in [-0.4, -0.2) is 119 Å². The Morgan fingerprint density at radius 1 is 0.852 bits per heavy atom. The molecular weight excluding hydrogens is 356 g/mol. The molecule has 1 unspecified atom stereocenters. The standard InChI is InChI=1S/C17H32N4O6/c1-13(2)14-9-20(11-16(24)25)8-7-19(10-15(22)23)5-3-18-4-6-21(14)12-17(26)27/h13-14,18H,3-12H2,1-2H3,(H,22,23)(H,24,25)(H,26,27). The zero-order valence-electron chi connectivity index (χ0n) is 16.1. The van der Waals surface area contributed by atoms with Crippen molar-refractivity contribution in [3.05, 3.63) is 0 Å². The first-order chi connectivity index (χ1) is 12.7. The summed E-state index contributed by atoms with van der Waals surface area (Å²) in [7, 11) is 0. The Morgan fingerprint density at radius 2 is 1.37 bits per heavy atom. The highest BCUT2D eigenvalue weighted by Gasteiger charge is 2.27. The van der Waals surface area contributed by atoms with Gasteiger partial charge in [-0.3, -0.25) is 29.1 Å². The van der Waals surface area contributed by atoms with Crippen molar-refractivity contribution in [2.45, 2.75) is 19.9 Å². The zero-order chi connectivity index (χ0) is 20.4. The molecule has 0 radical (unpaired) electrons. The van der Waals surface area contributed by atoms with Crippen molar-refractivity contribution < 1.29 is 29.7 Å². The molecular formula is C17H32N4O6. The summed E-state index contributed by atoms with van der Waals surface area (Å²) in [6.07, 6.45) is 0. The molecule has 0 spiro atoms. The van der Waals surface area contributed by atoms with Gasteiger partial charge >= 0.3 is 17.9 Å². The van der Waals surface area contributed by atoms with E-state index in [9.17, 15) is 24.6 Å². The molecule has 1 rings (SSSR count). The third kappa shape index (κ3) is 9.66. The minimum Gasteiger partial charge on any atom is -0.480 e. The molecule has 1 atom stereocenters. The van der Waals surface area contributed by atoms with Crippen LogP contribution >= 0.6 is 0 Å².